The molecule has 4 rings (SSSR count). The first kappa shape index (κ1) is 26.0. The van der Waals surface area contributed by atoms with Crippen molar-refractivity contribution in [1.82, 2.24) is 14.7 Å². The summed E-state index contributed by atoms with van der Waals surface area (Å²) in [6.45, 7) is 8.53. The molecule has 0 radical (unpaired) electrons. The fourth-order valence-electron chi connectivity index (χ4n) is 4.33. The van der Waals surface area contributed by atoms with Gasteiger partial charge in [0.15, 0.2) is 0 Å². The Hall–Kier alpha value is -3.04. The number of benzene rings is 2. The summed E-state index contributed by atoms with van der Waals surface area (Å²) in [5.41, 5.74) is 2.55. The predicted octanol–water partition coefficient (Wildman–Crippen LogP) is 4.66. The van der Waals surface area contributed by atoms with E-state index in [1.807, 2.05) is 37.3 Å². The topological polar surface area (TPSA) is 69.0 Å². The number of para-hydroxylation sites is 1. The molecule has 2 aromatic carbocycles. The molecule has 7 nitrogen and oxygen atoms in total. The van der Waals surface area contributed by atoms with E-state index in [9.17, 15) is 9.50 Å². The van der Waals surface area contributed by atoms with Crippen LogP contribution >= 0.6 is 0 Å². The Labute approximate surface area is 211 Å². The summed E-state index contributed by atoms with van der Waals surface area (Å²) in [4.78, 5) is 2.16. The molecule has 0 saturated carbocycles. The molecule has 0 aliphatic carbocycles. The van der Waals surface area contributed by atoms with Gasteiger partial charge < -0.3 is 19.3 Å². The lowest BCUT2D eigenvalue weighted by Crippen LogP contribution is -2.39. The average Bonchev–Trinajstić information content (AvgIpc) is 3.49. The molecule has 1 aliphatic heterocycles. The lowest BCUT2D eigenvalue weighted by atomic mass is 10.1. The first-order valence-electron chi connectivity index (χ1n) is 12.3. The molecule has 1 saturated heterocycles. The van der Waals surface area contributed by atoms with E-state index < -0.39 is 6.10 Å². The maximum absolute atomic E-state index is 13.5. The van der Waals surface area contributed by atoms with Gasteiger partial charge >= 0.3 is 0 Å². The Morgan fingerprint density at radius 3 is 2.72 bits per heavy atom. The average molecular weight is 496 g/mol. The van der Waals surface area contributed by atoms with Crippen molar-refractivity contribution >= 4 is 0 Å². The van der Waals surface area contributed by atoms with Crippen molar-refractivity contribution in [3.8, 4) is 17.3 Å². The summed E-state index contributed by atoms with van der Waals surface area (Å²) < 4.78 is 32.9. The van der Waals surface area contributed by atoms with E-state index in [2.05, 4.69) is 11.5 Å². The zero-order chi connectivity index (χ0) is 25.3. The standard InChI is InChI=1S/C28H34FN3O4/c1-3-15-34-20-24(33)17-31(18-26-10-7-16-35-26)19-27-21(2)30-32(23-8-5-4-6-9-23)28(27)36-25-13-11-22(29)12-14-25/h3-6,8-9,11-14,24,26,33H,1,7,10,15-20H2,2H3/t24-,26+/m0/s1. The number of halogens is 1. The molecule has 1 aromatic heterocycles. The van der Waals surface area contributed by atoms with Crippen LogP contribution in [0.3, 0.4) is 0 Å². The van der Waals surface area contributed by atoms with Crippen molar-refractivity contribution in [3.63, 3.8) is 0 Å². The molecule has 0 spiro atoms. The van der Waals surface area contributed by atoms with Crippen LogP contribution in [0.4, 0.5) is 4.39 Å². The summed E-state index contributed by atoms with van der Waals surface area (Å²) in [6, 6.07) is 15.7. The van der Waals surface area contributed by atoms with E-state index in [-0.39, 0.29) is 18.5 Å². The maximum Gasteiger partial charge on any atom is 0.227 e. The van der Waals surface area contributed by atoms with Crippen LogP contribution in [0.25, 0.3) is 5.69 Å². The Balaban J connectivity index is 1.63. The molecule has 8 heteroatoms. The second-order valence-corrected chi connectivity index (χ2v) is 8.98. The minimum absolute atomic E-state index is 0.109. The Morgan fingerprint density at radius 1 is 1.25 bits per heavy atom. The Kier molecular flexibility index (Phi) is 9.24. The highest BCUT2D eigenvalue weighted by molar-refractivity contribution is 5.43. The van der Waals surface area contributed by atoms with Crippen LogP contribution in [-0.4, -0.2) is 64.9 Å². The van der Waals surface area contributed by atoms with Gasteiger partial charge in [-0.2, -0.15) is 5.10 Å². The SMILES string of the molecule is C=CCOC[C@@H](O)CN(Cc1c(C)nn(-c2ccccc2)c1Oc1ccc(F)cc1)C[C@H]1CCCO1. The van der Waals surface area contributed by atoms with Gasteiger partial charge in [0.05, 0.1) is 42.4 Å². The second kappa shape index (κ2) is 12.8. The molecule has 1 N–H and O–H groups in total. The van der Waals surface area contributed by atoms with Crippen LogP contribution in [-0.2, 0) is 16.0 Å². The van der Waals surface area contributed by atoms with Crippen molar-refractivity contribution in [2.45, 2.75) is 38.5 Å². The van der Waals surface area contributed by atoms with E-state index in [1.54, 1.807) is 22.9 Å². The normalized spacial score (nSPS) is 16.4. The minimum atomic E-state index is -0.669. The third-order valence-corrected chi connectivity index (χ3v) is 6.05. The molecule has 0 bridgehead atoms. The van der Waals surface area contributed by atoms with Crippen LogP contribution in [0, 0.1) is 12.7 Å². The number of hydrogen-bond acceptors (Lipinski definition) is 6. The number of aryl methyl sites for hydroxylation is 1. The third-order valence-electron chi connectivity index (χ3n) is 6.05. The van der Waals surface area contributed by atoms with Crippen LogP contribution in [0.1, 0.15) is 24.1 Å². The fourth-order valence-corrected chi connectivity index (χ4v) is 4.33. The number of nitrogens with zero attached hydrogens (tertiary/aromatic N) is 3. The van der Waals surface area contributed by atoms with Gasteiger partial charge in [0.1, 0.15) is 11.6 Å². The molecule has 2 heterocycles. The molecule has 1 fully saturated rings. The lowest BCUT2D eigenvalue weighted by Gasteiger charge is -2.27. The van der Waals surface area contributed by atoms with Crippen LogP contribution in [0.5, 0.6) is 11.6 Å². The van der Waals surface area contributed by atoms with E-state index in [0.717, 1.165) is 36.4 Å². The predicted molar refractivity (Wildman–Crippen MR) is 136 cm³/mol. The molecule has 3 aromatic rings. The van der Waals surface area contributed by atoms with Gasteiger partial charge in [-0.05, 0) is 56.2 Å². The number of aromatic nitrogens is 2. The molecular weight excluding hydrogens is 461 g/mol. The molecule has 2 atom stereocenters. The van der Waals surface area contributed by atoms with E-state index in [1.165, 1.54) is 12.1 Å². The number of aliphatic hydroxyl groups is 1. The Morgan fingerprint density at radius 2 is 2.03 bits per heavy atom. The minimum Gasteiger partial charge on any atom is -0.439 e. The van der Waals surface area contributed by atoms with E-state index in [4.69, 9.17) is 19.3 Å². The quantitative estimate of drug-likeness (QED) is 0.275. The number of aliphatic hydroxyl groups excluding tert-OH is 1. The van der Waals surface area contributed by atoms with Crippen molar-refractivity contribution in [1.29, 1.82) is 0 Å². The van der Waals surface area contributed by atoms with Crippen molar-refractivity contribution < 1.29 is 23.7 Å². The smallest absolute Gasteiger partial charge is 0.227 e. The van der Waals surface area contributed by atoms with Crippen LogP contribution < -0.4 is 4.74 Å². The summed E-state index contributed by atoms with van der Waals surface area (Å²) in [5, 5.41) is 15.4. The largest absolute Gasteiger partial charge is 0.439 e. The van der Waals surface area contributed by atoms with Crippen molar-refractivity contribution in [3.05, 3.63) is 84.3 Å². The summed E-state index contributed by atoms with van der Waals surface area (Å²) >= 11 is 0. The second-order valence-electron chi connectivity index (χ2n) is 8.98. The van der Waals surface area contributed by atoms with Gasteiger partial charge in [0.25, 0.3) is 0 Å². The maximum atomic E-state index is 13.5. The highest BCUT2D eigenvalue weighted by Crippen LogP contribution is 2.32. The lowest BCUT2D eigenvalue weighted by molar-refractivity contribution is 0.00836. The number of ether oxygens (including phenoxy) is 3. The van der Waals surface area contributed by atoms with Gasteiger partial charge in [-0.25, -0.2) is 9.07 Å². The number of rotatable bonds is 13. The van der Waals surface area contributed by atoms with Gasteiger partial charge in [0.2, 0.25) is 5.88 Å². The van der Waals surface area contributed by atoms with Crippen LogP contribution in [0.2, 0.25) is 0 Å². The summed E-state index contributed by atoms with van der Waals surface area (Å²) in [6.07, 6.45) is 3.13. The van der Waals surface area contributed by atoms with Crippen molar-refractivity contribution in [2.24, 2.45) is 0 Å². The first-order valence-corrected chi connectivity index (χ1v) is 12.3. The van der Waals surface area contributed by atoms with Gasteiger partial charge in [-0.15, -0.1) is 6.58 Å². The fraction of sp³-hybridized carbons (Fsp3) is 0.393. The molecule has 0 unspecified atom stereocenters. The van der Waals surface area contributed by atoms with Crippen LogP contribution in [0.15, 0.2) is 67.3 Å². The summed E-state index contributed by atoms with van der Waals surface area (Å²) in [5.74, 6) is 0.740. The third kappa shape index (κ3) is 7.01. The van der Waals surface area contributed by atoms with E-state index >= 15 is 0 Å². The first-order chi connectivity index (χ1) is 17.5. The molecule has 0 amide bonds. The number of hydrogen-bond donors (Lipinski definition) is 1. The van der Waals surface area contributed by atoms with Gasteiger partial charge in [-0.1, -0.05) is 24.3 Å². The van der Waals surface area contributed by atoms with E-state index in [0.29, 0.717) is 37.9 Å². The van der Waals surface area contributed by atoms with Gasteiger partial charge in [-0.3, -0.25) is 4.90 Å². The zero-order valence-electron chi connectivity index (χ0n) is 20.7. The monoisotopic (exact) mass is 495 g/mol. The Bertz CT molecular complexity index is 1100. The molecule has 1 aliphatic rings. The zero-order valence-corrected chi connectivity index (χ0v) is 20.7. The van der Waals surface area contributed by atoms with Crippen molar-refractivity contribution in [2.75, 3.05) is 32.9 Å². The summed E-state index contributed by atoms with van der Waals surface area (Å²) in [7, 11) is 0. The molecule has 192 valence electrons. The van der Waals surface area contributed by atoms with Gasteiger partial charge in [0, 0.05) is 26.2 Å². The molecular formula is C28H34FN3O4. The molecule has 36 heavy (non-hydrogen) atoms. The highest BCUT2D eigenvalue weighted by Gasteiger charge is 2.26. The highest BCUT2D eigenvalue weighted by atomic mass is 19.1.